The summed E-state index contributed by atoms with van der Waals surface area (Å²) in [5.74, 6) is 1.69. The van der Waals surface area contributed by atoms with E-state index in [1.54, 1.807) is 18.0 Å². The molecule has 0 bridgehead atoms. The van der Waals surface area contributed by atoms with Crippen molar-refractivity contribution in [1.82, 2.24) is 24.6 Å². The Morgan fingerprint density at radius 2 is 2.04 bits per heavy atom. The van der Waals surface area contributed by atoms with Crippen LogP contribution in [0.1, 0.15) is 12.2 Å². The van der Waals surface area contributed by atoms with E-state index in [1.807, 2.05) is 18.9 Å². The molecule has 1 amide bonds. The molecule has 2 N–H and O–H groups in total. The van der Waals surface area contributed by atoms with E-state index in [0.717, 1.165) is 35.8 Å². The maximum atomic E-state index is 12.4. The number of hydrogen-bond acceptors (Lipinski definition) is 7. The molecule has 1 unspecified atom stereocenters. The van der Waals surface area contributed by atoms with Gasteiger partial charge in [-0.25, -0.2) is 9.97 Å². The van der Waals surface area contributed by atoms with Gasteiger partial charge in [0.05, 0.1) is 24.1 Å². The van der Waals surface area contributed by atoms with Crippen molar-refractivity contribution in [3.63, 3.8) is 0 Å². The lowest BCUT2D eigenvalue weighted by Crippen LogP contribution is -2.50. The number of carbonyl (C=O) groups is 1. The first-order valence-corrected chi connectivity index (χ1v) is 8.45. The van der Waals surface area contributed by atoms with Gasteiger partial charge in [0.15, 0.2) is 5.65 Å². The minimum atomic E-state index is -0.218. The summed E-state index contributed by atoms with van der Waals surface area (Å²) in [6.45, 7) is 5.00. The van der Waals surface area contributed by atoms with Crippen molar-refractivity contribution in [3.8, 4) is 0 Å². The zero-order valence-corrected chi connectivity index (χ0v) is 15.0. The summed E-state index contributed by atoms with van der Waals surface area (Å²) in [6.07, 6.45) is 1.91. The van der Waals surface area contributed by atoms with Crippen LogP contribution in [0.5, 0.6) is 0 Å². The number of nitrogens with two attached hydrogens (primary N) is 1. The van der Waals surface area contributed by atoms with Crippen molar-refractivity contribution in [1.29, 1.82) is 0 Å². The Morgan fingerprint density at radius 1 is 1.32 bits per heavy atom. The third-order valence-electron chi connectivity index (χ3n) is 4.61. The van der Waals surface area contributed by atoms with Gasteiger partial charge in [-0.15, -0.1) is 0 Å². The lowest BCUT2D eigenvalue weighted by molar-refractivity contribution is -0.133. The normalized spacial score (nSPS) is 16.5. The maximum Gasteiger partial charge on any atom is 0.225 e. The average molecular weight is 347 g/mol. The lowest BCUT2D eigenvalue weighted by Gasteiger charge is -2.36. The third-order valence-corrected chi connectivity index (χ3v) is 4.61. The van der Waals surface area contributed by atoms with Crippen LogP contribution >= 0.6 is 0 Å². The molecule has 0 aliphatic carbocycles. The smallest absolute Gasteiger partial charge is 0.225 e. The van der Waals surface area contributed by atoms with E-state index in [0.29, 0.717) is 26.1 Å². The van der Waals surface area contributed by atoms with Gasteiger partial charge in [-0.05, 0) is 6.92 Å². The van der Waals surface area contributed by atoms with E-state index < -0.39 is 0 Å². The highest BCUT2D eigenvalue weighted by molar-refractivity contribution is 5.87. The molecule has 9 nitrogen and oxygen atoms in total. The Kier molecular flexibility index (Phi) is 5.14. The average Bonchev–Trinajstić information content (AvgIpc) is 3.00. The van der Waals surface area contributed by atoms with Crippen LogP contribution in [0.15, 0.2) is 6.20 Å². The third kappa shape index (κ3) is 3.57. The molecular weight excluding hydrogens is 322 g/mol. The molecule has 1 fully saturated rings. The Labute approximate surface area is 146 Å². The number of fused-ring (bicyclic) bond motifs is 1. The molecule has 3 rings (SSSR count). The molecule has 1 saturated heterocycles. The number of carbonyl (C=O) groups excluding carboxylic acids is 1. The van der Waals surface area contributed by atoms with Crippen LogP contribution in [0.4, 0.5) is 5.82 Å². The number of rotatable bonds is 5. The number of piperazine rings is 1. The van der Waals surface area contributed by atoms with E-state index in [4.69, 9.17) is 10.5 Å². The molecule has 0 radical (unpaired) electrons. The van der Waals surface area contributed by atoms with Crippen molar-refractivity contribution in [3.05, 3.63) is 12.0 Å². The molecule has 1 atom stereocenters. The van der Waals surface area contributed by atoms with E-state index in [-0.39, 0.29) is 12.0 Å². The minimum Gasteiger partial charge on any atom is -0.380 e. The first-order chi connectivity index (χ1) is 12.0. The summed E-state index contributed by atoms with van der Waals surface area (Å²) >= 11 is 0. The summed E-state index contributed by atoms with van der Waals surface area (Å²) in [4.78, 5) is 25.5. The van der Waals surface area contributed by atoms with E-state index in [1.165, 1.54) is 0 Å². The predicted molar refractivity (Wildman–Crippen MR) is 94.3 cm³/mol. The largest absolute Gasteiger partial charge is 0.380 e. The van der Waals surface area contributed by atoms with Gasteiger partial charge < -0.3 is 20.3 Å². The molecule has 136 valence electrons. The van der Waals surface area contributed by atoms with Gasteiger partial charge >= 0.3 is 0 Å². The molecule has 2 aromatic heterocycles. The lowest BCUT2D eigenvalue weighted by atomic mass is 10.2. The number of anilines is 1. The van der Waals surface area contributed by atoms with E-state index in [9.17, 15) is 4.79 Å². The number of amides is 1. The minimum absolute atomic E-state index is 0.0855. The highest BCUT2D eigenvalue weighted by Gasteiger charge is 2.25. The Bertz CT molecular complexity index is 748. The molecule has 3 heterocycles. The summed E-state index contributed by atoms with van der Waals surface area (Å²) in [6, 6.07) is 0. The van der Waals surface area contributed by atoms with Gasteiger partial charge in [0.1, 0.15) is 11.6 Å². The van der Waals surface area contributed by atoms with Crippen molar-refractivity contribution in [2.75, 3.05) is 44.7 Å². The summed E-state index contributed by atoms with van der Waals surface area (Å²) in [5, 5.41) is 5.22. The summed E-state index contributed by atoms with van der Waals surface area (Å²) in [5.41, 5.74) is 6.43. The monoisotopic (exact) mass is 347 g/mol. The van der Waals surface area contributed by atoms with E-state index >= 15 is 0 Å². The topological polar surface area (TPSA) is 102 Å². The molecular formula is C16H25N7O2. The van der Waals surface area contributed by atoms with Crippen molar-refractivity contribution >= 4 is 22.8 Å². The van der Waals surface area contributed by atoms with Crippen molar-refractivity contribution in [2.24, 2.45) is 12.8 Å². The number of methoxy groups -OCH3 is 1. The fourth-order valence-electron chi connectivity index (χ4n) is 3.11. The van der Waals surface area contributed by atoms with Gasteiger partial charge in [-0.2, -0.15) is 5.10 Å². The van der Waals surface area contributed by atoms with Crippen LogP contribution in [-0.2, 0) is 16.6 Å². The van der Waals surface area contributed by atoms with Crippen LogP contribution in [0, 0.1) is 6.92 Å². The Morgan fingerprint density at radius 3 is 2.68 bits per heavy atom. The molecule has 0 spiro atoms. The first kappa shape index (κ1) is 17.6. The number of nitrogens with zero attached hydrogens (tertiary/aromatic N) is 6. The second kappa shape index (κ2) is 7.32. The van der Waals surface area contributed by atoms with Gasteiger partial charge in [0, 0.05) is 46.9 Å². The van der Waals surface area contributed by atoms with Gasteiger partial charge in [-0.3, -0.25) is 9.48 Å². The quantitative estimate of drug-likeness (QED) is 0.791. The maximum absolute atomic E-state index is 12.4. The zero-order valence-electron chi connectivity index (χ0n) is 15.0. The molecule has 0 saturated carbocycles. The Hall–Kier alpha value is -2.26. The second-order valence-corrected chi connectivity index (χ2v) is 6.27. The highest BCUT2D eigenvalue weighted by atomic mass is 16.5. The van der Waals surface area contributed by atoms with Gasteiger partial charge in [0.25, 0.3) is 0 Å². The molecule has 0 aromatic carbocycles. The SMILES string of the molecule is COC(CN)CC(=O)N1CCN(c2nc(C)nc3c2cnn3C)CC1. The van der Waals surface area contributed by atoms with Crippen LogP contribution in [0.2, 0.25) is 0 Å². The van der Waals surface area contributed by atoms with Crippen molar-refractivity contribution < 1.29 is 9.53 Å². The number of hydrogen-bond donors (Lipinski definition) is 1. The molecule has 2 aromatic rings. The molecule has 9 heteroatoms. The van der Waals surface area contributed by atoms with Gasteiger partial charge in [-0.1, -0.05) is 0 Å². The number of aromatic nitrogens is 4. The van der Waals surface area contributed by atoms with Crippen LogP contribution in [0.3, 0.4) is 0 Å². The fourth-order valence-corrected chi connectivity index (χ4v) is 3.11. The zero-order chi connectivity index (χ0) is 18.0. The summed E-state index contributed by atoms with van der Waals surface area (Å²) < 4.78 is 6.96. The van der Waals surface area contributed by atoms with E-state index in [2.05, 4.69) is 20.0 Å². The van der Waals surface area contributed by atoms with Gasteiger partial charge in [0.2, 0.25) is 5.91 Å². The summed E-state index contributed by atoms with van der Waals surface area (Å²) in [7, 11) is 3.46. The number of ether oxygens (including phenoxy) is 1. The van der Waals surface area contributed by atoms with Crippen LogP contribution in [-0.4, -0.2) is 76.5 Å². The molecule has 1 aliphatic heterocycles. The van der Waals surface area contributed by atoms with Crippen LogP contribution < -0.4 is 10.6 Å². The first-order valence-electron chi connectivity index (χ1n) is 8.45. The highest BCUT2D eigenvalue weighted by Crippen LogP contribution is 2.24. The standard InChI is InChI=1S/C16H25N7O2/c1-11-19-15-13(10-18-21(15)2)16(20-11)23-6-4-22(5-7-23)14(24)8-12(9-17)25-3/h10,12H,4-9,17H2,1-3H3. The molecule has 25 heavy (non-hydrogen) atoms. The second-order valence-electron chi connectivity index (χ2n) is 6.27. The predicted octanol–water partition coefficient (Wildman–Crippen LogP) is -0.316. The fraction of sp³-hybridized carbons (Fsp3) is 0.625. The van der Waals surface area contributed by atoms with Crippen molar-refractivity contribution in [2.45, 2.75) is 19.4 Å². The molecule has 1 aliphatic rings. The Balaban J connectivity index is 1.70. The van der Waals surface area contributed by atoms with Crippen LogP contribution in [0.25, 0.3) is 11.0 Å². The number of aryl methyl sites for hydroxylation is 2.